The van der Waals surface area contributed by atoms with Gasteiger partial charge in [0.05, 0.1) is 36.4 Å². The number of fused-ring (bicyclic) bond motifs is 5. The lowest BCUT2D eigenvalue weighted by Crippen LogP contribution is -2.62. The highest BCUT2D eigenvalue weighted by Gasteiger charge is 2.64. The van der Waals surface area contributed by atoms with E-state index in [-0.39, 0.29) is 47.5 Å². The molecule has 15 nitrogen and oxygen atoms in total. The fourth-order valence-electron chi connectivity index (χ4n) is 7.44. The van der Waals surface area contributed by atoms with E-state index < -0.39 is 72.1 Å². The lowest BCUT2D eigenvalue weighted by atomic mass is 9.81. The van der Waals surface area contributed by atoms with Gasteiger partial charge in [0.2, 0.25) is 17.7 Å². The van der Waals surface area contributed by atoms with Crippen LogP contribution in [0.5, 0.6) is 0 Å². The molecule has 1 aromatic carbocycles. The summed E-state index contributed by atoms with van der Waals surface area (Å²) >= 11 is 6.75. The Kier molecular flexibility index (Phi) is 17.0. The normalized spacial score (nSPS) is 29.2. The van der Waals surface area contributed by atoms with Crippen LogP contribution in [0.4, 0.5) is 10.5 Å². The molecule has 0 radical (unpaired) electrons. The molecule has 334 valence electrons. The van der Waals surface area contributed by atoms with Crippen molar-refractivity contribution in [2.75, 3.05) is 31.4 Å². The van der Waals surface area contributed by atoms with E-state index in [9.17, 15) is 39.3 Å². The molecular formula is C42H61ClN4O11S2. The second kappa shape index (κ2) is 20.7. The summed E-state index contributed by atoms with van der Waals surface area (Å²) < 4.78 is 17.8. The maximum atomic E-state index is 14.2. The van der Waals surface area contributed by atoms with Crippen molar-refractivity contribution in [3.8, 4) is 0 Å². The van der Waals surface area contributed by atoms with Crippen LogP contribution in [0, 0.1) is 11.8 Å². The van der Waals surface area contributed by atoms with Crippen molar-refractivity contribution < 1.29 is 53.5 Å². The maximum Gasteiger partial charge on any atom is 0.409 e. The van der Waals surface area contributed by atoms with Crippen molar-refractivity contribution in [3.05, 3.63) is 52.1 Å². The first-order valence-corrected chi connectivity index (χ1v) is 22.8. The number of nitrogens with zero attached hydrogens (tertiary/aromatic N) is 2. The van der Waals surface area contributed by atoms with Crippen LogP contribution in [0.25, 0.3) is 0 Å². The van der Waals surface area contributed by atoms with Gasteiger partial charge in [0.1, 0.15) is 23.9 Å². The number of hydrogen-bond donors (Lipinski definition) is 5. The predicted molar refractivity (Wildman–Crippen MR) is 232 cm³/mol. The number of likely N-dealkylation sites (N-methyl/N-ethyl adjacent to an activating group) is 1. The van der Waals surface area contributed by atoms with Crippen LogP contribution < -0.4 is 16.0 Å². The van der Waals surface area contributed by atoms with Crippen LogP contribution >= 0.6 is 33.2 Å². The number of ether oxygens (including phenoxy) is 3. The number of primary amides is 1. The zero-order chi connectivity index (χ0) is 44.7. The summed E-state index contributed by atoms with van der Waals surface area (Å²) in [4.78, 5) is 68.2. The Balaban J connectivity index is 1.62. The molecule has 0 aromatic heterocycles. The molecule has 3 aliphatic heterocycles. The number of rotatable bonds is 14. The highest BCUT2D eigenvalue weighted by molar-refractivity contribution is 8.77. The molecular weight excluding hydrogens is 836 g/mol. The number of nitrogens with two attached hydrogens (primary N) is 1. The van der Waals surface area contributed by atoms with Crippen molar-refractivity contribution in [1.82, 2.24) is 10.2 Å². The van der Waals surface area contributed by atoms with Crippen molar-refractivity contribution in [3.63, 3.8) is 0 Å². The van der Waals surface area contributed by atoms with Crippen LogP contribution in [0.1, 0.15) is 91.2 Å². The van der Waals surface area contributed by atoms with Crippen molar-refractivity contribution in [2.24, 2.45) is 17.6 Å². The average molecular weight is 898 g/mol. The van der Waals surface area contributed by atoms with E-state index in [0.717, 1.165) is 16.9 Å². The topological polar surface area (TPSA) is 222 Å². The van der Waals surface area contributed by atoms with E-state index >= 15 is 0 Å². The molecule has 3 aliphatic rings. The second-order valence-electron chi connectivity index (χ2n) is 16.9. The number of alkyl carbamates (subject to hydrolysis) is 1. The van der Waals surface area contributed by atoms with Crippen LogP contribution in [0.3, 0.4) is 0 Å². The number of benzene rings is 1. The summed E-state index contributed by atoms with van der Waals surface area (Å²) in [6, 6.07) is 2.45. The Labute approximate surface area is 365 Å². The Hall–Kier alpha value is -3.32. The lowest BCUT2D eigenvalue weighted by Gasteiger charge is -2.42. The van der Waals surface area contributed by atoms with Gasteiger partial charge in [-0.1, -0.05) is 70.0 Å². The zero-order valence-corrected chi connectivity index (χ0v) is 38.1. The number of carbonyl (C=O) groups excluding carboxylic acids is 5. The van der Waals surface area contributed by atoms with E-state index in [2.05, 4.69) is 5.32 Å². The standard InChI is InChI=1S/C42H61ClN4O11S2/c1-24-11-9-12-29(23-49)42(55)21-31(56-39(54)45-42)25(2)37-41(6,58-37)32(20-35(52)47(8)30-19-27(17-24)18-28(22-48)36(30)43)57-38(53)26(3)46(7)34(51)14-15-40(4,5)60-59-16-10-13-33(44)50/h9,11-12,18-19,25-26,29,31-32,37,48-49,55H,10,13-17,20-23H2,1-8H3,(H2,44,50)(H,45,54)/b12-9+,24-11+/t25-,26+,29+,31+,32+,37+,41+,42+/m1/s1. The molecule has 4 rings (SSSR count). The number of nitrogens with one attached hydrogen (secondary N) is 1. The van der Waals surface area contributed by atoms with Gasteiger partial charge >= 0.3 is 12.1 Å². The average Bonchev–Trinajstić information content (AvgIpc) is 3.88. The summed E-state index contributed by atoms with van der Waals surface area (Å²) in [6.45, 7) is 10.0. The van der Waals surface area contributed by atoms with Crippen molar-refractivity contribution >= 4 is 68.7 Å². The molecule has 0 saturated carbocycles. The smallest absolute Gasteiger partial charge is 0.409 e. The zero-order valence-electron chi connectivity index (χ0n) is 35.7. The molecule has 8 atom stereocenters. The van der Waals surface area contributed by atoms with Crippen molar-refractivity contribution in [1.29, 1.82) is 0 Å². The summed E-state index contributed by atoms with van der Waals surface area (Å²) in [5, 5.41) is 35.0. The largest absolute Gasteiger partial charge is 0.457 e. The summed E-state index contributed by atoms with van der Waals surface area (Å²) in [7, 11) is 6.28. The molecule has 1 aromatic rings. The minimum Gasteiger partial charge on any atom is -0.457 e. The van der Waals surface area contributed by atoms with Crippen molar-refractivity contribution in [2.45, 2.75) is 134 Å². The van der Waals surface area contributed by atoms with Gasteiger partial charge in [-0.25, -0.2) is 9.59 Å². The molecule has 6 N–H and O–H groups in total. The number of anilines is 1. The number of halogens is 1. The predicted octanol–water partition coefficient (Wildman–Crippen LogP) is 4.80. The quantitative estimate of drug-likeness (QED) is 0.0735. The van der Waals surface area contributed by atoms with Gasteiger partial charge < -0.3 is 45.1 Å². The first-order valence-electron chi connectivity index (χ1n) is 20.1. The fraction of sp³-hybridized carbons (Fsp3) is 0.643. The number of aliphatic hydroxyl groups is 3. The highest BCUT2D eigenvalue weighted by Crippen LogP contribution is 2.49. The molecule has 3 heterocycles. The number of amides is 4. The summed E-state index contributed by atoms with van der Waals surface area (Å²) in [5.41, 5.74) is 4.42. The number of epoxide rings is 1. The van der Waals surface area contributed by atoms with E-state index in [1.54, 1.807) is 72.7 Å². The molecule has 0 aliphatic carbocycles. The molecule has 2 saturated heterocycles. The van der Waals surface area contributed by atoms with Gasteiger partial charge in [0.25, 0.3) is 0 Å². The van der Waals surface area contributed by atoms with E-state index in [1.807, 2.05) is 20.8 Å². The minimum absolute atomic E-state index is 0.109. The molecule has 2 fully saturated rings. The third-order valence-electron chi connectivity index (χ3n) is 11.6. The first-order chi connectivity index (χ1) is 28.0. The SMILES string of the molecule is C/C1=C\C=C\[C@@H](CO)[C@@]2(O)C[C@H](OC(=O)N2)[C@@H](C)[C@@H]2O[C@@]2(C)[C@@H](OC(=O)[C@H](C)N(C)C(=O)CCC(C)(C)SSCCCC(N)=O)CC(=O)N(C)c2cc(cc(CO)c2Cl)C1. The minimum atomic E-state index is -1.88. The van der Waals surface area contributed by atoms with Gasteiger partial charge in [0, 0.05) is 55.7 Å². The third kappa shape index (κ3) is 12.4. The molecule has 0 spiro atoms. The van der Waals surface area contributed by atoms with Crippen LogP contribution in [-0.2, 0) is 46.4 Å². The number of hydrogen-bond acceptors (Lipinski definition) is 13. The monoisotopic (exact) mass is 896 g/mol. The molecule has 4 bridgehead atoms. The number of carbonyl (C=O) groups is 5. The Bertz CT molecular complexity index is 1830. The third-order valence-corrected chi connectivity index (χ3v) is 15.5. The molecule has 18 heteroatoms. The van der Waals surface area contributed by atoms with E-state index in [1.165, 1.54) is 23.9 Å². The fourth-order valence-corrected chi connectivity index (χ4v) is 10.4. The molecule has 60 heavy (non-hydrogen) atoms. The van der Waals surface area contributed by atoms with Gasteiger partial charge in [-0.15, -0.1) is 0 Å². The van der Waals surface area contributed by atoms with Gasteiger partial charge in [0.15, 0.2) is 5.72 Å². The summed E-state index contributed by atoms with van der Waals surface area (Å²) in [5.74, 6) is -2.63. The van der Waals surface area contributed by atoms with Gasteiger partial charge in [-0.05, 0) is 71.1 Å². The summed E-state index contributed by atoms with van der Waals surface area (Å²) in [6.07, 6.45) is 2.96. The van der Waals surface area contributed by atoms with Gasteiger partial charge in [-0.2, -0.15) is 0 Å². The molecule has 4 amide bonds. The number of esters is 1. The van der Waals surface area contributed by atoms with E-state index in [4.69, 9.17) is 31.5 Å². The van der Waals surface area contributed by atoms with Crippen LogP contribution in [0.15, 0.2) is 35.9 Å². The Morgan fingerprint density at radius 2 is 1.92 bits per heavy atom. The first kappa shape index (κ1) is 49.3. The lowest BCUT2D eigenvalue weighted by molar-refractivity contribution is -0.162. The Morgan fingerprint density at radius 3 is 2.57 bits per heavy atom. The van der Waals surface area contributed by atoms with Gasteiger partial charge in [-0.3, -0.25) is 19.7 Å². The second-order valence-corrected chi connectivity index (χ2v) is 20.4. The number of allylic oxidation sites excluding steroid dienone is 3. The van der Waals surface area contributed by atoms with Crippen LogP contribution in [-0.4, -0.2) is 117 Å². The highest BCUT2D eigenvalue weighted by atomic mass is 35.5. The maximum absolute atomic E-state index is 14.2. The van der Waals surface area contributed by atoms with E-state index in [0.29, 0.717) is 36.9 Å². The molecule has 0 unspecified atom stereocenters. The number of aliphatic hydroxyl groups excluding tert-OH is 2. The van der Waals surface area contributed by atoms with Crippen LogP contribution in [0.2, 0.25) is 5.02 Å². The Morgan fingerprint density at radius 1 is 1.22 bits per heavy atom.